The van der Waals surface area contributed by atoms with E-state index >= 15 is 0 Å². The molecule has 1 aromatic heterocycles. The van der Waals surface area contributed by atoms with Gasteiger partial charge in [0, 0.05) is 25.9 Å². The van der Waals surface area contributed by atoms with Crippen molar-refractivity contribution < 1.29 is 9.47 Å². The van der Waals surface area contributed by atoms with Gasteiger partial charge in [-0.2, -0.15) is 0 Å². The summed E-state index contributed by atoms with van der Waals surface area (Å²) in [6.45, 7) is 7.05. The molecule has 4 nitrogen and oxygen atoms in total. The molecule has 1 heterocycles. The van der Waals surface area contributed by atoms with Gasteiger partial charge >= 0.3 is 0 Å². The largest absolute Gasteiger partial charge is 0.475 e. The van der Waals surface area contributed by atoms with E-state index in [4.69, 9.17) is 21.1 Å². The average Bonchev–Trinajstić information content (AvgIpc) is 2.33. The highest BCUT2D eigenvalue weighted by Gasteiger charge is 2.04. The summed E-state index contributed by atoms with van der Waals surface area (Å²) < 4.78 is 10.4. The number of aromatic nitrogens is 1. The van der Waals surface area contributed by atoms with Crippen LogP contribution in [-0.4, -0.2) is 31.9 Å². The fourth-order valence-electron chi connectivity index (χ4n) is 1.40. The first kappa shape index (κ1) is 15.2. The molecule has 0 bridgehead atoms. The highest BCUT2D eigenvalue weighted by molar-refractivity contribution is 6.31. The minimum Gasteiger partial charge on any atom is -0.475 e. The van der Waals surface area contributed by atoms with Crippen LogP contribution in [0.25, 0.3) is 0 Å². The molecule has 0 aliphatic rings. The van der Waals surface area contributed by atoms with E-state index in [9.17, 15) is 0 Å². The van der Waals surface area contributed by atoms with Gasteiger partial charge in [0.05, 0.1) is 11.6 Å². The van der Waals surface area contributed by atoms with Crippen LogP contribution in [0, 0.1) is 5.92 Å². The summed E-state index contributed by atoms with van der Waals surface area (Å²) in [6, 6.07) is 1.87. The first-order valence-electron chi connectivity index (χ1n) is 6.10. The van der Waals surface area contributed by atoms with Crippen LogP contribution < -0.4 is 10.1 Å². The molecule has 0 fully saturated rings. The Morgan fingerprint density at radius 2 is 2.17 bits per heavy atom. The molecule has 0 saturated carbocycles. The zero-order chi connectivity index (χ0) is 13.4. The van der Waals surface area contributed by atoms with Gasteiger partial charge in [0.25, 0.3) is 0 Å². The second-order valence-electron chi connectivity index (χ2n) is 4.48. The van der Waals surface area contributed by atoms with Gasteiger partial charge in [0.2, 0.25) is 5.88 Å². The summed E-state index contributed by atoms with van der Waals surface area (Å²) >= 11 is 6.09. The maximum atomic E-state index is 6.09. The van der Waals surface area contributed by atoms with Crippen LogP contribution in [0.1, 0.15) is 19.4 Å². The van der Waals surface area contributed by atoms with Crippen LogP contribution in [0.3, 0.4) is 0 Å². The maximum absolute atomic E-state index is 6.09. The first-order valence-corrected chi connectivity index (χ1v) is 6.48. The van der Waals surface area contributed by atoms with Crippen molar-refractivity contribution in [2.75, 3.05) is 26.9 Å². The Labute approximate surface area is 114 Å². The average molecular weight is 273 g/mol. The Morgan fingerprint density at radius 1 is 1.39 bits per heavy atom. The topological polar surface area (TPSA) is 43.4 Å². The molecule has 0 unspecified atom stereocenters. The van der Waals surface area contributed by atoms with Crippen molar-refractivity contribution in [3.63, 3.8) is 0 Å². The number of hydrogen-bond acceptors (Lipinski definition) is 4. The second-order valence-corrected chi connectivity index (χ2v) is 4.89. The lowest BCUT2D eigenvalue weighted by molar-refractivity contribution is 0.143. The molecule has 0 radical (unpaired) electrons. The quantitative estimate of drug-likeness (QED) is 0.739. The predicted octanol–water partition coefficient (Wildman–Crippen LogP) is 2.51. The van der Waals surface area contributed by atoms with Crippen molar-refractivity contribution >= 4 is 11.6 Å². The number of hydrogen-bond donors (Lipinski definition) is 1. The number of rotatable bonds is 8. The van der Waals surface area contributed by atoms with Crippen LogP contribution in [0.5, 0.6) is 5.88 Å². The van der Waals surface area contributed by atoms with E-state index in [0.717, 1.165) is 18.7 Å². The molecule has 0 amide bonds. The minimum atomic E-state index is 0.490. The number of pyridine rings is 1. The normalized spacial score (nSPS) is 10.9. The van der Waals surface area contributed by atoms with E-state index in [-0.39, 0.29) is 0 Å². The lowest BCUT2D eigenvalue weighted by Gasteiger charge is -2.10. The third kappa shape index (κ3) is 5.67. The summed E-state index contributed by atoms with van der Waals surface area (Å²) in [5, 5.41) is 4.00. The molecule has 0 aromatic carbocycles. The van der Waals surface area contributed by atoms with E-state index in [1.807, 2.05) is 6.07 Å². The maximum Gasteiger partial charge on any atom is 0.213 e. The fourth-order valence-corrected chi connectivity index (χ4v) is 1.57. The molecule has 0 atom stereocenters. The van der Waals surface area contributed by atoms with E-state index in [1.54, 1.807) is 13.3 Å². The van der Waals surface area contributed by atoms with Crippen LogP contribution in [0.2, 0.25) is 5.02 Å². The lowest BCUT2D eigenvalue weighted by Crippen LogP contribution is -2.19. The van der Waals surface area contributed by atoms with Gasteiger partial charge < -0.3 is 14.8 Å². The van der Waals surface area contributed by atoms with Gasteiger partial charge in [-0.1, -0.05) is 25.4 Å². The van der Waals surface area contributed by atoms with Gasteiger partial charge in [-0.3, -0.25) is 0 Å². The molecule has 1 N–H and O–H groups in total. The van der Waals surface area contributed by atoms with Crippen molar-refractivity contribution in [1.82, 2.24) is 10.3 Å². The third-order valence-electron chi connectivity index (χ3n) is 2.32. The van der Waals surface area contributed by atoms with Crippen molar-refractivity contribution in [3.8, 4) is 5.88 Å². The van der Waals surface area contributed by atoms with Gasteiger partial charge in [-0.05, 0) is 18.0 Å². The molecule has 18 heavy (non-hydrogen) atoms. The van der Waals surface area contributed by atoms with E-state index < -0.39 is 0 Å². The number of ether oxygens (including phenoxy) is 2. The smallest absolute Gasteiger partial charge is 0.213 e. The lowest BCUT2D eigenvalue weighted by atomic mass is 10.2. The zero-order valence-corrected chi connectivity index (χ0v) is 12.0. The Bertz CT molecular complexity index is 359. The highest BCUT2D eigenvalue weighted by Crippen LogP contribution is 2.19. The SMILES string of the molecule is COCCOc1cc(CNCC(C)C)c(Cl)cn1. The van der Waals surface area contributed by atoms with Gasteiger partial charge in [0.15, 0.2) is 0 Å². The van der Waals surface area contributed by atoms with Crippen molar-refractivity contribution in [2.24, 2.45) is 5.92 Å². The summed E-state index contributed by atoms with van der Waals surface area (Å²) in [5.74, 6) is 1.20. The molecule has 102 valence electrons. The van der Waals surface area contributed by atoms with Gasteiger partial charge in [-0.25, -0.2) is 4.98 Å². The Balaban J connectivity index is 2.52. The molecule has 0 spiro atoms. The first-order chi connectivity index (χ1) is 8.63. The molecular formula is C13H21ClN2O2. The predicted molar refractivity (Wildman–Crippen MR) is 73.2 cm³/mol. The summed E-state index contributed by atoms with van der Waals surface area (Å²) in [7, 11) is 1.64. The Morgan fingerprint density at radius 3 is 2.83 bits per heavy atom. The number of nitrogens with zero attached hydrogens (tertiary/aromatic N) is 1. The van der Waals surface area contributed by atoms with Crippen LogP contribution >= 0.6 is 11.6 Å². The number of nitrogens with one attached hydrogen (secondary N) is 1. The van der Waals surface area contributed by atoms with E-state index in [0.29, 0.717) is 30.0 Å². The highest BCUT2D eigenvalue weighted by atomic mass is 35.5. The molecule has 5 heteroatoms. The van der Waals surface area contributed by atoms with Gasteiger partial charge in [0.1, 0.15) is 6.61 Å². The summed E-state index contributed by atoms with van der Waals surface area (Å²) in [6.07, 6.45) is 1.62. The molecule has 1 aromatic rings. The molecule has 0 aliphatic carbocycles. The fraction of sp³-hybridized carbons (Fsp3) is 0.615. The van der Waals surface area contributed by atoms with Gasteiger partial charge in [-0.15, -0.1) is 0 Å². The zero-order valence-electron chi connectivity index (χ0n) is 11.2. The molecule has 1 rings (SSSR count). The molecule has 0 saturated heterocycles. The van der Waals surface area contributed by atoms with Crippen LogP contribution in [0.15, 0.2) is 12.3 Å². The Kier molecular flexibility index (Phi) is 7.01. The van der Waals surface area contributed by atoms with E-state index in [2.05, 4.69) is 24.1 Å². The molecule has 0 aliphatic heterocycles. The van der Waals surface area contributed by atoms with Crippen molar-refractivity contribution in [2.45, 2.75) is 20.4 Å². The number of halogens is 1. The van der Waals surface area contributed by atoms with Crippen LogP contribution in [0.4, 0.5) is 0 Å². The van der Waals surface area contributed by atoms with Crippen molar-refractivity contribution in [1.29, 1.82) is 0 Å². The monoisotopic (exact) mass is 272 g/mol. The van der Waals surface area contributed by atoms with Crippen molar-refractivity contribution in [3.05, 3.63) is 22.8 Å². The minimum absolute atomic E-state index is 0.490. The standard InChI is InChI=1S/C13H21ClN2O2/c1-10(2)7-15-8-11-6-13(16-9-12(11)14)18-5-4-17-3/h6,9-10,15H,4-5,7-8H2,1-3H3. The third-order valence-corrected chi connectivity index (χ3v) is 2.66. The summed E-state index contributed by atoms with van der Waals surface area (Å²) in [5.41, 5.74) is 1.000. The summed E-state index contributed by atoms with van der Waals surface area (Å²) in [4.78, 5) is 4.12. The Hall–Kier alpha value is -0.840. The molecular weight excluding hydrogens is 252 g/mol. The van der Waals surface area contributed by atoms with E-state index in [1.165, 1.54) is 0 Å². The second kappa shape index (κ2) is 8.29. The van der Waals surface area contributed by atoms with Crippen LogP contribution in [-0.2, 0) is 11.3 Å². The number of methoxy groups -OCH3 is 1.